The van der Waals surface area contributed by atoms with E-state index in [9.17, 15) is 0 Å². The topological polar surface area (TPSA) is 69.5 Å². The largest absolute Gasteiger partial charge is 0.448 e. The lowest BCUT2D eigenvalue weighted by Gasteiger charge is -2.26. The van der Waals surface area contributed by atoms with E-state index < -0.39 is 18.2 Å². The average Bonchev–Trinajstić information content (AvgIpc) is 2.52. The van der Waals surface area contributed by atoms with Crippen LogP contribution in [0.4, 0.5) is 0 Å². The van der Waals surface area contributed by atoms with E-state index in [0.29, 0.717) is 17.2 Å². The van der Waals surface area contributed by atoms with Gasteiger partial charge in [0.15, 0.2) is 11.5 Å². The third kappa shape index (κ3) is 1.64. The summed E-state index contributed by atoms with van der Waals surface area (Å²) in [6, 6.07) is 0. The first-order valence-corrected chi connectivity index (χ1v) is 5.01. The Labute approximate surface area is 93.4 Å². The van der Waals surface area contributed by atoms with E-state index in [0.717, 1.165) is 0 Å². The molecule has 0 aliphatic carbocycles. The molecule has 0 aromatic heterocycles. The fourth-order valence-electron chi connectivity index (χ4n) is 1.75. The highest BCUT2D eigenvalue weighted by molar-refractivity contribution is 6.02. The van der Waals surface area contributed by atoms with Crippen molar-refractivity contribution in [2.24, 2.45) is 5.16 Å². The van der Waals surface area contributed by atoms with Gasteiger partial charge >= 0.3 is 0 Å². The maximum atomic E-state index is 8.94. The van der Waals surface area contributed by atoms with Crippen molar-refractivity contribution >= 4 is 5.71 Å². The van der Waals surface area contributed by atoms with Gasteiger partial charge in [-0.05, 0) is 6.92 Å². The van der Waals surface area contributed by atoms with Crippen molar-refractivity contribution in [3.05, 3.63) is 11.5 Å². The molecule has 0 spiro atoms. The maximum Gasteiger partial charge on any atom is 0.246 e. The lowest BCUT2D eigenvalue weighted by atomic mass is 10.1. The number of hydrogen-bond donors (Lipinski definition) is 1. The number of nitrogens with zero attached hydrogens (tertiary/aromatic N) is 1. The molecule has 2 atom stereocenters. The molecule has 0 aromatic rings. The van der Waals surface area contributed by atoms with Crippen molar-refractivity contribution in [1.29, 1.82) is 0 Å². The van der Waals surface area contributed by atoms with Gasteiger partial charge in [-0.15, -0.1) is 0 Å². The van der Waals surface area contributed by atoms with E-state index >= 15 is 0 Å². The summed E-state index contributed by atoms with van der Waals surface area (Å²) in [5.41, 5.74) is 0.314. The smallest absolute Gasteiger partial charge is 0.246 e. The molecule has 6 heteroatoms. The van der Waals surface area contributed by atoms with Gasteiger partial charge in [0.05, 0.1) is 0 Å². The molecule has 16 heavy (non-hydrogen) atoms. The lowest BCUT2D eigenvalue weighted by Crippen LogP contribution is -2.36. The Bertz CT molecular complexity index is 360. The van der Waals surface area contributed by atoms with Crippen LogP contribution in [0, 0.1) is 0 Å². The molecule has 0 saturated heterocycles. The van der Waals surface area contributed by atoms with Gasteiger partial charge in [0.1, 0.15) is 6.10 Å². The van der Waals surface area contributed by atoms with Crippen LogP contribution in [0.25, 0.3) is 0 Å². The van der Waals surface area contributed by atoms with Gasteiger partial charge in [0.2, 0.25) is 17.8 Å². The second kappa shape index (κ2) is 3.64. The van der Waals surface area contributed by atoms with Gasteiger partial charge in [0, 0.05) is 21.0 Å². The number of oxime groups is 1. The SMILES string of the molecule is COC1OC(C)C(=NO)C2=C1OC(C)(C)O2. The monoisotopic (exact) mass is 229 g/mol. The Kier molecular flexibility index (Phi) is 2.55. The lowest BCUT2D eigenvalue weighted by molar-refractivity contribution is -0.168. The van der Waals surface area contributed by atoms with Gasteiger partial charge in [-0.2, -0.15) is 0 Å². The fourth-order valence-corrected chi connectivity index (χ4v) is 1.75. The number of methoxy groups -OCH3 is 1. The third-order valence-electron chi connectivity index (χ3n) is 2.41. The standard InChI is InChI=1S/C10H15NO5/c1-5-6(11-12)7-8(9(13-4)14-5)16-10(2,3)15-7/h5,9,12H,1-4H3. The zero-order chi connectivity index (χ0) is 11.9. The highest BCUT2D eigenvalue weighted by Gasteiger charge is 2.46. The normalized spacial score (nSPS) is 34.6. The second-order valence-electron chi connectivity index (χ2n) is 4.13. The van der Waals surface area contributed by atoms with Crippen molar-refractivity contribution in [3.8, 4) is 0 Å². The predicted octanol–water partition coefficient (Wildman–Crippen LogP) is 1.20. The first kappa shape index (κ1) is 11.2. The minimum absolute atomic E-state index is 0.314. The summed E-state index contributed by atoms with van der Waals surface area (Å²) in [5, 5.41) is 12.1. The summed E-state index contributed by atoms with van der Waals surface area (Å²) in [5.74, 6) is 0.0154. The Morgan fingerprint density at radius 3 is 2.62 bits per heavy atom. The zero-order valence-corrected chi connectivity index (χ0v) is 9.68. The summed E-state index contributed by atoms with van der Waals surface area (Å²) in [6.45, 7) is 5.27. The van der Waals surface area contributed by atoms with E-state index in [1.807, 2.05) is 0 Å². The number of rotatable bonds is 1. The molecule has 2 heterocycles. The van der Waals surface area contributed by atoms with Crippen molar-refractivity contribution in [3.63, 3.8) is 0 Å². The van der Waals surface area contributed by atoms with Crippen molar-refractivity contribution < 1.29 is 24.2 Å². The predicted molar refractivity (Wildman–Crippen MR) is 53.8 cm³/mol. The first-order chi connectivity index (χ1) is 7.48. The van der Waals surface area contributed by atoms with Gasteiger partial charge in [0.25, 0.3) is 0 Å². The zero-order valence-electron chi connectivity index (χ0n) is 9.68. The minimum Gasteiger partial charge on any atom is -0.448 e. The van der Waals surface area contributed by atoms with Crippen molar-refractivity contribution in [2.45, 2.75) is 39.0 Å². The van der Waals surface area contributed by atoms with Crippen LogP contribution in [0.5, 0.6) is 0 Å². The molecule has 0 radical (unpaired) electrons. The Hall–Kier alpha value is -1.27. The van der Waals surface area contributed by atoms with E-state index in [4.69, 9.17) is 24.2 Å². The molecule has 0 fully saturated rings. The molecule has 2 aliphatic heterocycles. The summed E-state index contributed by atoms with van der Waals surface area (Å²) >= 11 is 0. The fraction of sp³-hybridized carbons (Fsp3) is 0.700. The number of hydrogen-bond acceptors (Lipinski definition) is 6. The molecule has 6 nitrogen and oxygen atoms in total. The summed E-state index contributed by atoms with van der Waals surface area (Å²) in [7, 11) is 1.51. The Morgan fingerprint density at radius 2 is 2.06 bits per heavy atom. The molecule has 0 amide bonds. The number of ether oxygens (including phenoxy) is 4. The van der Waals surface area contributed by atoms with Gasteiger partial charge < -0.3 is 24.2 Å². The maximum absolute atomic E-state index is 8.94. The third-order valence-corrected chi connectivity index (χ3v) is 2.41. The van der Waals surface area contributed by atoms with E-state index in [1.54, 1.807) is 20.8 Å². The van der Waals surface area contributed by atoms with Crippen LogP contribution in [0.1, 0.15) is 20.8 Å². The van der Waals surface area contributed by atoms with Crippen LogP contribution in [0.15, 0.2) is 16.7 Å². The van der Waals surface area contributed by atoms with Crippen LogP contribution in [0.2, 0.25) is 0 Å². The highest BCUT2D eigenvalue weighted by atomic mass is 16.8. The summed E-state index contributed by atoms with van der Waals surface area (Å²) < 4.78 is 21.7. The molecular formula is C10H15NO5. The summed E-state index contributed by atoms with van der Waals surface area (Å²) in [4.78, 5) is 0. The van der Waals surface area contributed by atoms with Crippen LogP contribution < -0.4 is 0 Å². The van der Waals surface area contributed by atoms with E-state index in [-0.39, 0.29) is 0 Å². The molecule has 2 unspecified atom stereocenters. The van der Waals surface area contributed by atoms with Crippen molar-refractivity contribution in [2.75, 3.05) is 7.11 Å². The van der Waals surface area contributed by atoms with Gasteiger partial charge in [-0.25, -0.2) is 0 Å². The van der Waals surface area contributed by atoms with Gasteiger partial charge in [-0.3, -0.25) is 0 Å². The minimum atomic E-state index is -0.801. The molecule has 0 saturated carbocycles. The first-order valence-electron chi connectivity index (χ1n) is 5.01. The van der Waals surface area contributed by atoms with E-state index in [2.05, 4.69) is 5.16 Å². The van der Waals surface area contributed by atoms with Crippen LogP contribution in [-0.4, -0.2) is 36.2 Å². The second-order valence-corrected chi connectivity index (χ2v) is 4.13. The molecule has 0 bridgehead atoms. The van der Waals surface area contributed by atoms with Crippen LogP contribution in [-0.2, 0) is 18.9 Å². The molecule has 90 valence electrons. The quantitative estimate of drug-likeness (QED) is 0.540. The van der Waals surface area contributed by atoms with E-state index in [1.165, 1.54) is 7.11 Å². The molecule has 2 aliphatic rings. The molecule has 2 rings (SSSR count). The average molecular weight is 229 g/mol. The Balaban J connectivity index is 2.40. The van der Waals surface area contributed by atoms with Crippen LogP contribution >= 0.6 is 0 Å². The van der Waals surface area contributed by atoms with Crippen LogP contribution in [0.3, 0.4) is 0 Å². The Morgan fingerprint density at radius 1 is 1.38 bits per heavy atom. The highest BCUT2D eigenvalue weighted by Crippen LogP contribution is 2.38. The molecule has 1 N–H and O–H groups in total. The van der Waals surface area contributed by atoms with Gasteiger partial charge in [-0.1, -0.05) is 5.16 Å². The molecular weight excluding hydrogens is 214 g/mol. The van der Waals surface area contributed by atoms with Crippen molar-refractivity contribution in [1.82, 2.24) is 0 Å². The summed E-state index contributed by atoms with van der Waals surface area (Å²) in [6.07, 6.45) is -1.04. The molecule has 0 aromatic carbocycles.